The molecular formula is C13H20ClN5O2. The molecule has 21 heavy (non-hydrogen) atoms. The third-order valence-corrected chi connectivity index (χ3v) is 3.65. The minimum absolute atomic E-state index is 0. The number of rotatable bonds is 3. The van der Waals surface area contributed by atoms with Crippen molar-refractivity contribution in [3.8, 4) is 0 Å². The van der Waals surface area contributed by atoms with Crippen LogP contribution in [0.25, 0.3) is 0 Å². The number of likely N-dealkylation sites (N-methyl/N-ethyl adjacent to an activating group) is 1. The molecule has 1 aliphatic heterocycles. The molecule has 2 heterocycles. The Kier molecular flexibility index (Phi) is 5.01. The van der Waals surface area contributed by atoms with Gasteiger partial charge >= 0.3 is 6.03 Å². The standard InChI is InChI=1S/C13H19N5O2.ClH/c1-8(12(14)19)17(3)11-6-5-10-9(15-11)7-16(2)13(20)18(10)4;/h5-6,8H,7H2,1-4H3,(H2,14,19);1H. The molecule has 1 aliphatic rings. The van der Waals surface area contributed by atoms with E-state index in [0.717, 1.165) is 11.4 Å². The number of nitrogens with zero attached hydrogens (tertiary/aromatic N) is 4. The van der Waals surface area contributed by atoms with Gasteiger partial charge in [0.1, 0.15) is 11.9 Å². The third kappa shape index (κ3) is 3.02. The summed E-state index contributed by atoms with van der Waals surface area (Å²) >= 11 is 0. The molecule has 0 fully saturated rings. The highest BCUT2D eigenvalue weighted by atomic mass is 35.5. The highest BCUT2D eigenvalue weighted by molar-refractivity contribution is 5.94. The number of anilines is 2. The van der Waals surface area contributed by atoms with Crippen molar-refractivity contribution in [1.29, 1.82) is 0 Å². The Balaban J connectivity index is 0.00000220. The monoisotopic (exact) mass is 313 g/mol. The lowest BCUT2D eigenvalue weighted by Gasteiger charge is -2.33. The Labute approximate surface area is 130 Å². The second-order valence-corrected chi connectivity index (χ2v) is 5.02. The van der Waals surface area contributed by atoms with Gasteiger partial charge in [0.05, 0.1) is 17.9 Å². The molecule has 2 N–H and O–H groups in total. The number of carbonyl (C=O) groups is 2. The summed E-state index contributed by atoms with van der Waals surface area (Å²) in [6, 6.07) is 3.12. The fourth-order valence-corrected chi connectivity index (χ4v) is 2.14. The van der Waals surface area contributed by atoms with E-state index in [1.54, 1.807) is 48.8 Å². The zero-order valence-corrected chi connectivity index (χ0v) is 13.3. The van der Waals surface area contributed by atoms with Gasteiger partial charge in [-0.2, -0.15) is 0 Å². The summed E-state index contributed by atoms with van der Waals surface area (Å²) in [5.41, 5.74) is 6.90. The molecule has 1 atom stereocenters. The van der Waals surface area contributed by atoms with Gasteiger partial charge in [0.2, 0.25) is 5.91 Å². The normalized spacial score (nSPS) is 15.1. The van der Waals surface area contributed by atoms with Crippen LogP contribution in [0.4, 0.5) is 16.3 Å². The number of halogens is 1. The molecule has 0 aromatic carbocycles. The van der Waals surface area contributed by atoms with E-state index in [1.807, 2.05) is 6.07 Å². The molecule has 116 valence electrons. The van der Waals surface area contributed by atoms with E-state index in [2.05, 4.69) is 4.98 Å². The topological polar surface area (TPSA) is 82.8 Å². The highest BCUT2D eigenvalue weighted by Crippen LogP contribution is 2.27. The van der Waals surface area contributed by atoms with Crippen LogP contribution in [-0.4, -0.2) is 49.0 Å². The number of primary amides is 1. The lowest BCUT2D eigenvalue weighted by molar-refractivity contribution is -0.118. The molecule has 0 saturated carbocycles. The predicted molar refractivity (Wildman–Crippen MR) is 83.8 cm³/mol. The minimum atomic E-state index is -0.443. The van der Waals surface area contributed by atoms with Gasteiger partial charge in [0, 0.05) is 21.1 Å². The molecule has 0 radical (unpaired) electrons. The number of urea groups is 1. The molecule has 0 saturated heterocycles. The average molecular weight is 314 g/mol. The first-order valence-corrected chi connectivity index (χ1v) is 6.33. The van der Waals surface area contributed by atoms with Crippen molar-refractivity contribution in [3.63, 3.8) is 0 Å². The number of fused-ring (bicyclic) bond motifs is 1. The number of hydrogen-bond donors (Lipinski definition) is 1. The van der Waals surface area contributed by atoms with Crippen LogP contribution in [0.1, 0.15) is 12.6 Å². The van der Waals surface area contributed by atoms with Gasteiger partial charge in [-0.3, -0.25) is 9.69 Å². The first-order chi connectivity index (χ1) is 9.32. The summed E-state index contributed by atoms with van der Waals surface area (Å²) in [5, 5.41) is 0. The van der Waals surface area contributed by atoms with Crippen molar-refractivity contribution in [2.24, 2.45) is 5.73 Å². The maximum atomic E-state index is 11.9. The van der Waals surface area contributed by atoms with E-state index in [4.69, 9.17) is 5.73 Å². The Bertz CT molecular complexity index is 565. The summed E-state index contributed by atoms with van der Waals surface area (Å²) in [4.78, 5) is 32.5. The van der Waals surface area contributed by atoms with E-state index in [-0.39, 0.29) is 18.4 Å². The summed E-state index contributed by atoms with van der Waals surface area (Å²) < 4.78 is 0. The maximum absolute atomic E-state index is 11.9. The summed E-state index contributed by atoms with van der Waals surface area (Å²) in [7, 11) is 5.21. The number of amides is 3. The van der Waals surface area contributed by atoms with Crippen molar-refractivity contribution in [2.45, 2.75) is 19.5 Å². The summed E-state index contributed by atoms with van der Waals surface area (Å²) in [6.07, 6.45) is 0. The first-order valence-electron chi connectivity index (χ1n) is 6.33. The molecule has 0 spiro atoms. The van der Waals surface area contributed by atoms with Gasteiger partial charge < -0.3 is 15.5 Å². The Morgan fingerprint density at radius 3 is 2.62 bits per heavy atom. The Morgan fingerprint density at radius 2 is 2.05 bits per heavy atom. The van der Waals surface area contributed by atoms with Gasteiger partial charge in [0.25, 0.3) is 0 Å². The van der Waals surface area contributed by atoms with E-state index >= 15 is 0 Å². The molecule has 7 nitrogen and oxygen atoms in total. The first kappa shape index (κ1) is 17.0. The van der Waals surface area contributed by atoms with Crippen molar-refractivity contribution >= 4 is 35.9 Å². The van der Waals surface area contributed by atoms with Crippen molar-refractivity contribution in [1.82, 2.24) is 9.88 Å². The molecule has 1 aromatic heterocycles. The van der Waals surface area contributed by atoms with E-state index in [0.29, 0.717) is 12.4 Å². The van der Waals surface area contributed by atoms with Crippen molar-refractivity contribution in [3.05, 3.63) is 17.8 Å². The Hall–Kier alpha value is -2.02. The lowest BCUT2D eigenvalue weighted by atomic mass is 10.2. The quantitative estimate of drug-likeness (QED) is 0.895. The van der Waals surface area contributed by atoms with Gasteiger partial charge in [-0.25, -0.2) is 9.78 Å². The zero-order valence-electron chi connectivity index (χ0n) is 12.5. The highest BCUT2D eigenvalue weighted by Gasteiger charge is 2.27. The molecule has 0 bridgehead atoms. The largest absolute Gasteiger partial charge is 0.368 e. The van der Waals surface area contributed by atoms with E-state index in [1.165, 1.54) is 0 Å². The van der Waals surface area contributed by atoms with Crippen molar-refractivity contribution in [2.75, 3.05) is 30.9 Å². The number of nitrogens with two attached hydrogens (primary N) is 1. The van der Waals surface area contributed by atoms with Crippen LogP contribution in [0.3, 0.4) is 0 Å². The van der Waals surface area contributed by atoms with E-state index in [9.17, 15) is 9.59 Å². The molecular weight excluding hydrogens is 294 g/mol. The predicted octanol–water partition coefficient (Wildman–Crippen LogP) is 0.815. The van der Waals surface area contributed by atoms with Gasteiger partial charge in [-0.1, -0.05) is 0 Å². The number of carbonyl (C=O) groups excluding carboxylic acids is 2. The smallest absolute Gasteiger partial charge is 0.324 e. The second-order valence-electron chi connectivity index (χ2n) is 5.02. The summed E-state index contributed by atoms with van der Waals surface area (Å²) in [6.45, 7) is 2.18. The second kappa shape index (κ2) is 6.17. The molecule has 0 aliphatic carbocycles. The van der Waals surface area contributed by atoms with Gasteiger partial charge in [-0.05, 0) is 19.1 Å². The molecule has 1 aromatic rings. The average Bonchev–Trinajstić information content (AvgIpc) is 2.42. The lowest BCUT2D eigenvalue weighted by Crippen LogP contribution is -2.44. The minimum Gasteiger partial charge on any atom is -0.368 e. The zero-order chi connectivity index (χ0) is 15.0. The number of aromatic nitrogens is 1. The van der Waals surface area contributed by atoms with Crippen LogP contribution in [0, 0.1) is 0 Å². The van der Waals surface area contributed by atoms with Crippen LogP contribution in [0.2, 0.25) is 0 Å². The van der Waals surface area contributed by atoms with Crippen molar-refractivity contribution < 1.29 is 9.59 Å². The van der Waals surface area contributed by atoms with Crippen LogP contribution < -0.4 is 15.5 Å². The molecule has 8 heteroatoms. The van der Waals surface area contributed by atoms with Gasteiger partial charge in [0.15, 0.2) is 0 Å². The fraction of sp³-hybridized carbons (Fsp3) is 0.462. The third-order valence-electron chi connectivity index (χ3n) is 3.65. The van der Waals surface area contributed by atoms with Crippen LogP contribution in [-0.2, 0) is 11.3 Å². The summed E-state index contributed by atoms with van der Waals surface area (Å²) in [5.74, 6) is 0.252. The molecule has 2 rings (SSSR count). The molecule has 3 amide bonds. The maximum Gasteiger partial charge on any atom is 0.324 e. The van der Waals surface area contributed by atoms with Crippen LogP contribution >= 0.6 is 12.4 Å². The number of pyridine rings is 1. The van der Waals surface area contributed by atoms with Crippen LogP contribution in [0.5, 0.6) is 0 Å². The van der Waals surface area contributed by atoms with Gasteiger partial charge in [-0.15, -0.1) is 12.4 Å². The van der Waals surface area contributed by atoms with Crippen LogP contribution in [0.15, 0.2) is 12.1 Å². The number of hydrogen-bond acceptors (Lipinski definition) is 4. The molecule has 1 unspecified atom stereocenters. The Morgan fingerprint density at radius 1 is 1.43 bits per heavy atom. The SMILES string of the molecule is CC(C(N)=O)N(C)c1ccc2c(n1)CN(C)C(=O)N2C.Cl. The fourth-order valence-electron chi connectivity index (χ4n) is 2.14. The van der Waals surface area contributed by atoms with E-state index < -0.39 is 11.9 Å².